The van der Waals surface area contributed by atoms with Gasteiger partial charge in [0.25, 0.3) is 11.8 Å². The molecule has 12 nitrogen and oxygen atoms in total. The minimum Gasteiger partial charge on any atom is -0.448 e. The maximum Gasteiger partial charge on any atom is 0.412 e. The highest BCUT2D eigenvalue weighted by Gasteiger charge is 2.68. The van der Waals surface area contributed by atoms with Crippen molar-refractivity contribution in [2.24, 2.45) is 10.7 Å². The normalized spacial score (nSPS) is 25.2. The quantitative estimate of drug-likeness (QED) is 0.227. The van der Waals surface area contributed by atoms with Gasteiger partial charge in [-0.25, -0.2) is 14.6 Å². The average Bonchev–Trinajstić information content (AvgIpc) is 3.69. The van der Waals surface area contributed by atoms with Crippen molar-refractivity contribution in [3.63, 3.8) is 0 Å². The lowest BCUT2D eigenvalue weighted by Gasteiger charge is -2.35. The number of carbonyl (C=O) groups excluding carboxylic acids is 4. The Morgan fingerprint density at radius 3 is 2.45 bits per heavy atom. The number of likely N-dealkylation sites (tertiary alicyclic amines) is 1. The molecule has 4 heterocycles. The number of rotatable bonds is 6. The maximum atomic E-state index is 13.9. The molecule has 0 aliphatic carbocycles. The van der Waals surface area contributed by atoms with Crippen molar-refractivity contribution in [1.82, 2.24) is 15.1 Å². The summed E-state index contributed by atoms with van der Waals surface area (Å²) in [4.78, 5) is 64.9. The SMILES string of the molecule is C[C@@H](N)C(=Nc1ccccc1C(=O)N[C@@H]1C[C@]2(OC1=O)c1ccccc1N1C(=O)[C@H](C)N(C(=O)OCc3ccccc3)[C@@H]12)N1CCCCC1. The van der Waals surface area contributed by atoms with E-state index in [1.165, 1.54) is 9.80 Å². The zero-order chi connectivity index (χ0) is 34.3. The molecule has 3 saturated heterocycles. The van der Waals surface area contributed by atoms with E-state index in [4.69, 9.17) is 20.2 Å². The Morgan fingerprint density at radius 2 is 1.69 bits per heavy atom. The van der Waals surface area contributed by atoms with Gasteiger partial charge in [-0.3, -0.25) is 19.4 Å². The molecular formula is C37H40N6O6. The number of para-hydroxylation sites is 2. The minimum absolute atomic E-state index is 0.00647. The number of nitrogens with one attached hydrogen (secondary N) is 1. The zero-order valence-electron chi connectivity index (χ0n) is 27.6. The van der Waals surface area contributed by atoms with Gasteiger partial charge in [-0.15, -0.1) is 0 Å². The third-order valence-electron chi connectivity index (χ3n) is 9.82. The Hall–Kier alpha value is -5.23. The van der Waals surface area contributed by atoms with Crippen LogP contribution in [-0.4, -0.2) is 76.9 Å². The van der Waals surface area contributed by atoms with Crippen LogP contribution in [0.2, 0.25) is 0 Å². The summed E-state index contributed by atoms with van der Waals surface area (Å²) < 4.78 is 11.9. The Bertz CT molecular complexity index is 1810. The molecule has 3 aromatic carbocycles. The van der Waals surface area contributed by atoms with Crippen LogP contribution in [0.15, 0.2) is 83.9 Å². The number of nitrogens with zero attached hydrogens (tertiary/aromatic N) is 4. The van der Waals surface area contributed by atoms with Gasteiger partial charge in [0.2, 0.25) is 0 Å². The molecule has 0 aromatic heterocycles. The molecule has 12 heteroatoms. The van der Waals surface area contributed by atoms with Gasteiger partial charge in [-0.2, -0.15) is 0 Å². The second-order valence-corrected chi connectivity index (χ2v) is 13.1. The van der Waals surface area contributed by atoms with Crippen molar-refractivity contribution in [2.45, 2.75) is 76.0 Å². The van der Waals surface area contributed by atoms with Crippen molar-refractivity contribution in [3.8, 4) is 0 Å². The fourth-order valence-corrected chi connectivity index (χ4v) is 7.51. The number of nitrogens with two attached hydrogens (primary N) is 1. The third kappa shape index (κ3) is 5.69. The topological polar surface area (TPSA) is 147 Å². The van der Waals surface area contributed by atoms with Crippen LogP contribution in [0, 0.1) is 0 Å². The van der Waals surface area contributed by atoms with Crippen LogP contribution in [-0.2, 0) is 31.3 Å². The highest BCUT2D eigenvalue weighted by atomic mass is 16.6. The van der Waals surface area contributed by atoms with Gasteiger partial charge in [0.15, 0.2) is 11.8 Å². The second kappa shape index (κ2) is 13.0. The van der Waals surface area contributed by atoms with Gasteiger partial charge in [0.1, 0.15) is 24.5 Å². The molecule has 3 amide bonds. The molecule has 4 aliphatic rings. The zero-order valence-corrected chi connectivity index (χ0v) is 27.6. The van der Waals surface area contributed by atoms with Gasteiger partial charge >= 0.3 is 12.1 Å². The number of esters is 1. The van der Waals surface area contributed by atoms with E-state index >= 15 is 0 Å². The standard InChI is InChI=1S/C37H40N6O6/c1-23(38)31(41-19-11-4-12-20-41)39-28-17-9-7-15-26(28)32(44)40-29-21-37(49-34(29)46)27-16-8-10-18-30(27)43-33(45)24(2)42(35(37)43)36(47)48-22-25-13-5-3-6-14-25/h3,5-10,13-18,23-24,29,35H,4,11-12,19-22,38H2,1-2H3,(H,40,44)/t23-,24+,29-,35+,37+/m1/s1. The van der Waals surface area contributed by atoms with Crippen LogP contribution in [0.4, 0.5) is 16.2 Å². The molecule has 0 radical (unpaired) electrons. The van der Waals surface area contributed by atoms with Crippen LogP contribution in [0.5, 0.6) is 0 Å². The summed E-state index contributed by atoms with van der Waals surface area (Å²) in [5.74, 6) is -0.777. The molecule has 254 valence electrons. The first-order valence-corrected chi connectivity index (χ1v) is 16.8. The lowest BCUT2D eigenvalue weighted by atomic mass is 9.88. The smallest absolute Gasteiger partial charge is 0.412 e. The van der Waals surface area contributed by atoms with Gasteiger partial charge in [-0.05, 0) is 56.9 Å². The van der Waals surface area contributed by atoms with E-state index in [-0.39, 0.29) is 30.5 Å². The third-order valence-corrected chi connectivity index (χ3v) is 9.82. The van der Waals surface area contributed by atoms with Crippen molar-refractivity contribution >= 4 is 41.1 Å². The van der Waals surface area contributed by atoms with Gasteiger partial charge in [0.05, 0.1) is 23.0 Å². The number of hydrogen-bond acceptors (Lipinski definition) is 8. The molecule has 7 rings (SSSR count). The van der Waals surface area contributed by atoms with E-state index < -0.39 is 41.8 Å². The molecule has 0 unspecified atom stereocenters. The molecule has 3 aromatic rings. The van der Waals surface area contributed by atoms with Crippen LogP contribution < -0.4 is 16.0 Å². The summed E-state index contributed by atoms with van der Waals surface area (Å²) in [6.45, 7) is 5.22. The number of aliphatic imine (C=N–C) groups is 1. The van der Waals surface area contributed by atoms with E-state index in [9.17, 15) is 19.2 Å². The second-order valence-electron chi connectivity index (χ2n) is 13.1. The lowest BCUT2D eigenvalue weighted by molar-refractivity contribution is -0.154. The van der Waals surface area contributed by atoms with Crippen LogP contribution in [0.1, 0.15) is 61.0 Å². The van der Waals surface area contributed by atoms with Crippen LogP contribution >= 0.6 is 0 Å². The van der Waals surface area contributed by atoms with Gasteiger partial charge in [-0.1, -0.05) is 60.7 Å². The highest BCUT2D eigenvalue weighted by molar-refractivity contribution is 6.06. The lowest BCUT2D eigenvalue weighted by Crippen LogP contribution is -2.53. The van der Waals surface area contributed by atoms with Gasteiger partial charge in [0, 0.05) is 25.1 Å². The fraction of sp³-hybridized carbons (Fsp3) is 0.378. The Kier molecular flexibility index (Phi) is 8.57. The average molecular weight is 665 g/mol. The number of carbonyl (C=O) groups is 4. The first-order valence-electron chi connectivity index (χ1n) is 16.8. The summed E-state index contributed by atoms with van der Waals surface area (Å²) in [5.41, 5.74) is 7.55. The molecule has 0 saturated carbocycles. The molecule has 4 aliphatic heterocycles. The number of hydrogen-bond donors (Lipinski definition) is 2. The van der Waals surface area contributed by atoms with Crippen molar-refractivity contribution in [3.05, 3.63) is 95.6 Å². The molecule has 49 heavy (non-hydrogen) atoms. The number of anilines is 1. The molecule has 1 spiro atoms. The number of piperidine rings is 1. The number of amidine groups is 1. The maximum absolute atomic E-state index is 13.9. The van der Waals surface area contributed by atoms with E-state index in [1.54, 1.807) is 55.5 Å². The molecule has 0 bridgehead atoms. The number of amides is 3. The predicted molar refractivity (Wildman–Crippen MR) is 182 cm³/mol. The number of fused-ring (bicyclic) bond motifs is 5. The first kappa shape index (κ1) is 32.3. The summed E-state index contributed by atoms with van der Waals surface area (Å²) in [6.07, 6.45) is 1.53. The van der Waals surface area contributed by atoms with Crippen molar-refractivity contribution < 1.29 is 28.7 Å². The first-order chi connectivity index (χ1) is 23.7. The Labute approximate surface area is 284 Å². The van der Waals surface area contributed by atoms with E-state index in [2.05, 4.69) is 10.2 Å². The van der Waals surface area contributed by atoms with E-state index in [0.29, 0.717) is 22.8 Å². The largest absolute Gasteiger partial charge is 0.448 e. The molecule has 3 N–H and O–H groups in total. The fourth-order valence-electron chi connectivity index (χ4n) is 7.51. The molecule has 5 atom stereocenters. The Balaban J connectivity index is 1.17. The summed E-state index contributed by atoms with van der Waals surface area (Å²) in [5, 5.41) is 2.88. The van der Waals surface area contributed by atoms with Crippen molar-refractivity contribution in [2.75, 3.05) is 18.0 Å². The molecular weight excluding hydrogens is 624 g/mol. The van der Waals surface area contributed by atoms with Gasteiger partial charge < -0.3 is 25.4 Å². The van der Waals surface area contributed by atoms with E-state index in [1.807, 2.05) is 37.3 Å². The predicted octanol–water partition coefficient (Wildman–Crippen LogP) is 4.20. The monoisotopic (exact) mass is 664 g/mol. The summed E-state index contributed by atoms with van der Waals surface area (Å²) in [7, 11) is 0. The van der Waals surface area contributed by atoms with Crippen LogP contribution in [0.3, 0.4) is 0 Å². The molecule has 3 fully saturated rings. The van der Waals surface area contributed by atoms with Crippen LogP contribution in [0.25, 0.3) is 0 Å². The highest BCUT2D eigenvalue weighted by Crippen LogP contribution is 2.55. The summed E-state index contributed by atoms with van der Waals surface area (Å²) in [6, 6.07) is 21.0. The minimum atomic E-state index is -1.44. The van der Waals surface area contributed by atoms with Crippen molar-refractivity contribution in [1.29, 1.82) is 0 Å². The Morgan fingerprint density at radius 1 is 1.00 bits per heavy atom. The van der Waals surface area contributed by atoms with E-state index in [0.717, 1.165) is 37.9 Å². The number of ether oxygens (including phenoxy) is 2. The summed E-state index contributed by atoms with van der Waals surface area (Å²) >= 11 is 0. The number of benzene rings is 3.